The first-order valence-corrected chi connectivity index (χ1v) is 7.72. The average Bonchev–Trinajstić information content (AvgIpc) is 3.20. The van der Waals surface area contributed by atoms with Crippen LogP contribution in [0.15, 0.2) is 18.2 Å². The highest BCUT2D eigenvalue weighted by molar-refractivity contribution is 5.81. The van der Waals surface area contributed by atoms with Crippen LogP contribution in [0.25, 0.3) is 0 Å². The van der Waals surface area contributed by atoms with Gasteiger partial charge >= 0.3 is 0 Å². The number of nitro groups is 1. The van der Waals surface area contributed by atoms with Crippen molar-refractivity contribution in [3.05, 3.63) is 33.9 Å². The number of benzene rings is 1. The number of ether oxygens (including phenoxy) is 2. The minimum Gasteiger partial charge on any atom is -0.488 e. The number of rotatable bonds is 6. The van der Waals surface area contributed by atoms with Crippen LogP contribution in [0.4, 0.5) is 0 Å². The SMILES string of the molecule is CC1(C)Cc2cccc(OCCNC(=O)[C@H]3C[C@@H]3[N+](=O)[O-])c2O1. The summed E-state index contributed by atoms with van der Waals surface area (Å²) < 4.78 is 11.6. The summed E-state index contributed by atoms with van der Waals surface area (Å²) in [5.41, 5.74) is 0.878. The second kappa shape index (κ2) is 5.72. The Morgan fingerprint density at radius 2 is 2.30 bits per heavy atom. The van der Waals surface area contributed by atoms with E-state index in [0.717, 1.165) is 17.7 Å². The van der Waals surface area contributed by atoms with Crippen LogP contribution < -0.4 is 14.8 Å². The van der Waals surface area contributed by atoms with Gasteiger partial charge in [0, 0.05) is 23.3 Å². The molecule has 124 valence electrons. The van der Waals surface area contributed by atoms with Crippen molar-refractivity contribution < 1.29 is 19.2 Å². The summed E-state index contributed by atoms with van der Waals surface area (Å²) in [6.45, 7) is 4.66. The van der Waals surface area contributed by atoms with Crippen LogP contribution in [-0.2, 0) is 11.2 Å². The van der Waals surface area contributed by atoms with Gasteiger partial charge in [0.2, 0.25) is 11.9 Å². The van der Waals surface area contributed by atoms with Crippen LogP contribution >= 0.6 is 0 Å². The predicted octanol–water partition coefficient (Wildman–Crippen LogP) is 1.56. The molecule has 3 rings (SSSR count). The highest BCUT2D eigenvalue weighted by atomic mass is 16.6. The van der Waals surface area contributed by atoms with Crippen LogP contribution in [0.1, 0.15) is 25.8 Å². The van der Waals surface area contributed by atoms with E-state index in [1.807, 2.05) is 32.0 Å². The van der Waals surface area contributed by atoms with Crippen molar-refractivity contribution in [1.29, 1.82) is 0 Å². The topological polar surface area (TPSA) is 90.7 Å². The molecule has 1 aliphatic carbocycles. The van der Waals surface area contributed by atoms with Gasteiger partial charge in [-0.3, -0.25) is 14.9 Å². The van der Waals surface area contributed by atoms with Gasteiger partial charge in [0.25, 0.3) is 0 Å². The molecule has 0 saturated heterocycles. The lowest BCUT2D eigenvalue weighted by Gasteiger charge is -2.18. The van der Waals surface area contributed by atoms with Crippen molar-refractivity contribution in [2.45, 2.75) is 38.3 Å². The van der Waals surface area contributed by atoms with Crippen LogP contribution in [0.3, 0.4) is 0 Å². The Hall–Kier alpha value is -2.31. The fourth-order valence-electron chi connectivity index (χ4n) is 2.86. The largest absolute Gasteiger partial charge is 0.488 e. The first kappa shape index (κ1) is 15.6. The van der Waals surface area contributed by atoms with E-state index >= 15 is 0 Å². The molecule has 1 N–H and O–H groups in total. The van der Waals surface area contributed by atoms with E-state index in [1.54, 1.807) is 0 Å². The molecule has 0 aromatic heterocycles. The third-order valence-electron chi connectivity index (χ3n) is 4.08. The summed E-state index contributed by atoms with van der Waals surface area (Å²) in [5.74, 6) is 0.664. The van der Waals surface area contributed by atoms with E-state index < -0.39 is 16.9 Å². The van der Waals surface area contributed by atoms with E-state index in [9.17, 15) is 14.9 Å². The van der Waals surface area contributed by atoms with E-state index in [1.165, 1.54) is 0 Å². The second-order valence-corrected chi connectivity index (χ2v) is 6.62. The van der Waals surface area contributed by atoms with Crippen molar-refractivity contribution in [1.82, 2.24) is 5.32 Å². The molecule has 23 heavy (non-hydrogen) atoms. The van der Waals surface area contributed by atoms with Crippen LogP contribution in [-0.4, -0.2) is 35.6 Å². The lowest BCUT2D eigenvalue weighted by atomic mass is 10.0. The van der Waals surface area contributed by atoms with E-state index in [2.05, 4.69) is 5.32 Å². The molecule has 1 aromatic carbocycles. The van der Waals surface area contributed by atoms with Crippen LogP contribution in [0.5, 0.6) is 11.5 Å². The molecule has 1 heterocycles. The number of nitrogens with zero attached hydrogens (tertiary/aromatic N) is 1. The third-order valence-corrected chi connectivity index (χ3v) is 4.08. The summed E-state index contributed by atoms with van der Waals surface area (Å²) in [6.07, 6.45) is 1.16. The van der Waals surface area contributed by atoms with E-state index in [0.29, 0.717) is 25.3 Å². The van der Waals surface area contributed by atoms with Gasteiger partial charge in [0.05, 0.1) is 6.54 Å². The first-order valence-electron chi connectivity index (χ1n) is 7.72. The molecule has 1 amide bonds. The zero-order valence-corrected chi connectivity index (χ0v) is 13.2. The van der Waals surface area contributed by atoms with Gasteiger partial charge in [-0.1, -0.05) is 12.1 Å². The van der Waals surface area contributed by atoms with Crippen molar-refractivity contribution in [2.75, 3.05) is 13.2 Å². The first-order chi connectivity index (χ1) is 10.9. The Kier molecular flexibility index (Phi) is 3.87. The van der Waals surface area contributed by atoms with Crippen molar-refractivity contribution in [3.63, 3.8) is 0 Å². The monoisotopic (exact) mass is 320 g/mol. The maximum Gasteiger partial charge on any atom is 0.230 e. The molecule has 0 bridgehead atoms. The van der Waals surface area contributed by atoms with Crippen LogP contribution in [0.2, 0.25) is 0 Å². The van der Waals surface area contributed by atoms with Crippen LogP contribution in [0, 0.1) is 16.0 Å². The Bertz CT molecular complexity index is 643. The summed E-state index contributed by atoms with van der Waals surface area (Å²) in [5, 5.41) is 13.2. The number of carbonyl (C=O) groups is 1. The molecule has 1 aromatic rings. The molecule has 2 atom stereocenters. The van der Waals surface area contributed by atoms with E-state index in [4.69, 9.17) is 9.47 Å². The number of hydrogen-bond donors (Lipinski definition) is 1. The highest BCUT2D eigenvalue weighted by Crippen LogP contribution is 2.41. The number of carbonyl (C=O) groups excluding carboxylic acids is 1. The summed E-state index contributed by atoms with van der Waals surface area (Å²) in [6, 6.07) is 5.06. The molecule has 7 heteroatoms. The minimum atomic E-state index is -0.719. The number of fused-ring (bicyclic) bond motifs is 1. The van der Waals surface area contributed by atoms with Gasteiger partial charge in [-0.15, -0.1) is 0 Å². The lowest BCUT2D eigenvalue weighted by Crippen LogP contribution is -2.31. The number of para-hydroxylation sites is 1. The van der Waals surface area contributed by atoms with Crippen molar-refractivity contribution in [2.24, 2.45) is 5.92 Å². The fourth-order valence-corrected chi connectivity index (χ4v) is 2.86. The van der Waals surface area contributed by atoms with Gasteiger partial charge < -0.3 is 14.8 Å². The molecule has 1 aliphatic heterocycles. The average molecular weight is 320 g/mol. The van der Waals surface area contributed by atoms with Gasteiger partial charge in [-0.2, -0.15) is 0 Å². The fraction of sp³-hybridized carbons (Fsp3) is 0.562. The van der Waals surface area contributed by atoms with Gasteiger partial charge in [-0.05, 0) is 19.9 Å². The van der Waals surface area contributed by atoms with Gasteiger partial charge in [-0.25, -0.2) is 0 Å². The standard InChI is InChI=1S/C16H20N2O5/c1-16(2)9-10-4-3-5-13(14(10)23-16)22-7-6-17-15(19)11-8-12(11)18(20)21/h3-5,11-12H,6-9H2,1-2H3,(H,17,19)/t11-,12-/m0/s1. The molecule has 0 spiro atoms. The van der Waals surface area contributed by atoms with Gasteiger partial charge in [0.15, 0.2) is 11.5 Å². The number of amides is 1. The molecule has 0 radical (unpaired) electrons. The molecular weight excluding hydrogens is 300 g/mol. The minimum absolute atomic E-state index is 0.237. The molecule has 7 nitrogen and oxygen atoms in total. The molecule has 1 fully saturated rings. The number of nitrogens with one attached hydrogen (secondary N) is 1. The Balaban J connectivity index is 1.47. The molecular formula is C16H20N2O5. The number of hydrogen-bond acceptors (Lipinski definition) is 5. The molecule has 0 unspecified atom stereocenters. The lowest BCUT2D eigenvalue weighted by molar-refractivity contribution is -0.497. The quantitative estimate of drug-likeness (QED) is 0.488. The zero-order valence-electron chi connectivity index (χ0n) is 13.2. The Labute approximate surface area is 134 Å². The van der Waals surface area contributed by atoms with E-state index in [-0.39, 0.29) is 11.5 Å². The highest BCUT2D eigenvalue weighted by Gasteiger charge is 2.53. The zero-order chi connectivity index (χ0) is 16.6. The predicted molar refractivity (Wildman–Crippen MR) is 82.2 cm³/mol. The maximum absolute atomic E-state index is 11.7. The Morgan fingerprint density at radius 1 is 1.52 bits per heavy atom. The summed E-state index contributed by atoms with van der Waals surface area (Å²) >= 11 is 0. The smallest absolute Gasteiger partial charge is 0.230 e. The molecule has 2 aliphatic rings. The third kappa shape index (κ3) is 3.38. The maximum atomic E-state index is 11.7. The summed E-state index contributed by atoms with van der Waals surface area (Å²) in [4.78, 5) is 21.9. The summed E-state index contributed by atoms with van der Waals surface area (Å²) in [7, 11) is 0. The van der Waals surface area contributed by atoms with Crippen molar-refractivity contribution in [3.8, 4) is 11.5 Å². The normalized spacial score (nSPS) is 23.6. The van der Waals surface area contributed by atoms with Crippen molar-refractivity contribution >= 4 is 5.91 Å². The second-order valence-electron chi connectivity index (χ2n) is 6.62. The van der Waals surface area contributed by atoms with Gasteiger partial charge in [0.1, 0.15) is 18.1 Å². The Morgan fingerprint density at radius 3 is 3.00 bits per heavy atom. The molecule has 1 saturated carbocycles.